The highest BCUT2D eigenvalue weighted by molar-refractivity contribution is 5.30. The van der Waals surface area contributed by atoms with Crippen molar-refractivity contribution in [2.45, 2.75) is 57.2 Å². The van der Waals surface area contributed by atoms with Crippen molar-refractivity contribution in [1.29, 1.82) is 0 Å². The van der Waals surface area contributed by atoms with Crippen molar-refractivity contribution in [2.75, 3.05) is 6.61 Å². The second-order valence-corrected chi connectivity index (χ2v) is 5.60. The predicted molar refractivity (Wildman–Crippen MR) is 75.2 cm³/mol. The summed E-state index contributed by atoms with van der Waals surface area (Å²) in [4.78, 5) is 0. The monoisotopic (exact) mass is 264 g/mol. The van der Waals surface area contributed by atoms with E-state index in [2.05, 4.69) is 6.92 Å². The highest BCUT2D eigenvalue weighted by Crippen LogP contribution is 2.30. The van der Waals surface area contributed by atoms with Gasteiger partial charge in [0.15, 0.2) is 0 Å². The van der Waals surface area contributed by atoms with E-state index in [1.54, 1.807) is 0 Å². The van der Waals surface area contributed by atoms with E-state index in [1.807, 2.05) is 24.3 Å². The van der Waals surface area contributed by atoms with Crippen LogP contribution in [-0.2, 0) is 0 Å². The first-order chi connectivity index (χ1) is 9.13. The van der Waals surface area contributed by atoms with Gasteiger partial charge >= 0.3 is 0 Å². The normalized spacial score (nSPS) is 19.3. The highest BCUT2D eigenvalue weighted by Gasteiger charge is 2.31. The van der Waals surface area contributed by atoms with Crippen LogP contribution in [0.4, 0.5) is 0 Å². The van der Waals surface area contributed by atoms with Gasteiger partial charge in [0.2, 0.25) is 0 Å². The molecule has 2 rings (SSSR count). The van der Waals surface area contributed by atoms with Crippen molar-refractivity contribution in [3.8, 4) is 5.75 Å². The van der Waals surface area contributed by atoms with Crippen LogP contribution in [0.25, 0.3) is 0 Å². The Kier molecular flexibility index (Phi) is 4.83. The fourth-order valence-electron chi connectivity index (χ4n) is 2.65. The fraction of sp³-hybridized carbons (Fsp3) is 0.625. The Hall–Kier alpha value is -1.06. The third kappa shape index (κ3) is 3.95. The maximum Gasteiger partial charge on any atom is 0.119 e. The molecule has 0 aromatic heterocycles. The van der Waals surface area contributed by atoms with Gasteiger partial charge in [-0.1, -0.05) is 38.3 Å². The third-order valence-electron chi connectivity index (χ3n) is 3.85. The summed E-state index contributed by atoms with van der Waals surface area (Å²) in [6.45, 7) is 2.40. The van der Waals surface area contributed by atoms with Crippen LogP contribution in [-0.4, -0.2) is 22.4 Å². The Balaban J connectivity index is 1.95. The lowest BCUT2D eigenvalue weighted by molar-refractivity contribution is 0.00133. The molecular weight excluding hydrogens is 240 g/mol. The molecule has 0 saturated heterocycles. The standard InChI is InChI=1S/C16H24O3/c1-2-6-15(17)13-7-5-8-14(11-13)19-12-16(18)9-3-4-10-16/h5,7-8,11,15,17-18H,2-4,6,9-10,12H2,1H3. The molecule has 1 atom stereocenters. The van der Waals surface area contributed by atoms with E-state index in [0.29, 0.717) is 6.61 Å². The zero-order valence-electron chi connectivity index (χ0n) is 11.6. The summed E-state index contributed by atoms with van der Waals surface area (Å²) in [5.41, 5.74) is 0.232. The molecule has 3 heteroatoms. The van der Waals surface area contributed by atoms with Crippen molar-refractivity contribution in [2.24, 2.45) is 0 Å². The van der Waals surface area contributed by atoms with Gasteiger partial charge in [-0.3, -0.25) is 0 Å². The zero-order valence-corrected chi connectivity index (χ0v) is 11.6. The lowest BCUT2D eigenvalue weighted by Crippen LogP contribution is -2.32. The first-order valence-electron chi connectivity index (χ1n) is 7.26. The molecule has 0 spiro atoms. The predicted octanol–water partition coefficient (Wildman–Crippen LogP) is 3.20. The van der Waals surface area contributed by atoms with E-state index in [1.165, 1.54) is 0 Å². The Labute approximate surface area is 115 Å². The van der Waals surface area contributed by atoms with Crippen molar-refractivity contribution in [3.05, 3.63) is 29.8 Å². The summed E-state index contributed by atoms with van der Waals surface area (Å²) >= 11 is 0. The average Bonchev–Trinajstić information content (AvgIpc) is 2.85. The van der Waals surface area contributed by atoms with E-state index in [9.17, 15) is 10.2 Å². The lowest BCUT2D eigenvalue weighted by atomic mass is 10.0. The maximum atomic E-state index is 10.2. The van der Waals surface area contributed by atoms with Crippen LogP contribution >= 0.6 is 0 Å². The maximum absolute atomic E-state index is 10.2. The van der Waals surface area contributed by atoms with E-state index in [0.717, 1.165) is 49.8 Å². The molecule has 1 saturated carbocycles. The molecule has 1 aromatic rings. The molecular formula is C16H24O3. The number of hydrogen-bond acceptors (Lipinski definition) is 3. The van der Waals surface area contributed by atoms with E-state index in [-0.39, 0.29) is 0 Å². The summed E-state index contributed by atoms with van der Waals surface area (Å²) in [6, 6.07) is 7.55. The summed E-state index contributed by atoms with van der Waals surface area (Å²) in [7, 11) is 0. The summed E-state index contributed by atoms with van der Waals surface area (Å²) in [5.74, 6) is 0.730. The largest absolute Gasteiger partial charge is 0.491 e. The number of aliphatic hydroxyl groups excluding tert-OH is 1. The van der Waals surface area contributed by atoms with Gasteiger partial charge in [0.05, 0.1) is 11.7 Å². The molecule has 0 heterocycles. The molecule has 0 amide bonds. The quantitative estimate of drug-likeness (QED) is 0.829. The van der Waals surface area contributed by atoms with Crippen LogP contribution in [0.15, 0.2) is 24.3 Å². The minimum absolute atomic E-state index is 0.348. The highest BCUT2D eigenvalue weighted by atomic mass is 16.5. The van der Waals surface area contributed by atoms with Crippen molar-refractivity contribution < 1.29 is 14.9 Å². The number of benzene rings is 1. The SMILES string of the molecule is CCCC(O)c1cccc(OCC2(O)CCCC2)c1. The minimum atomic E-state index is -0.655. The van der Waals surface area contributed by atoms with Crippen LogP contribution in [0.1, 0.15) is 57.1 Å². The molecule has 1 fully saturated rings. The topological polar surface area (TPSA) is 49.7 Å². The number of ether oxygens (including phenoxy) is 1. The molecule has 1 aliphatic carbocycles. The van der Waals surface area contributed by atoms with Crippen molar-refractivity contribution in [3.63, 3.8) is 0 Å². The lowest BCUT2D eigenvalue weighted by Gasteiger charge is -2.22. The number of hydrogen-bond donors (Lipinski definition) is 2. The van der Waals surface area contributed by atoms with Gasteiger partial charge in [-0.05, 0) is 37.0 Å². The first-order valence-corrected chi connectivity index (χ1v) is 7.26. The Bertz CT molecular complexity index is 397. The fourth-order valence-corrected chi connectivity index (χ4v) is 2.65. The molecule has 1 unspecified atom stereocenters. The Morgan fingerprint density at radius 2 is 2.05 bits per heavy atom. The first kappa shape index (κ1) is 14.4. The van der Waals surface area contributed by atoms with Crippen molar-refractivity contribution in [1.82, 2.24) is 0 Å². The molecule has 1 aromatic carbocycles. The van der Waals surface area contributed by atoms with E-state index in [4.69, 9.17) is 4.74 Å². The van der Waals surface area contributed by atoms with E-state index < -0.39 is 11.7 Å². The molecule has 0 aliphatic heterocycles. The summed E-state index contributed by atoms with van der Waals surface area (Å²) in [5, 5.41) is 20.2. The van der Waals surface area contributed by atoms with Crippen molar-refractivity contribution >= 4 is 0 Å². The smallest absolute Gasteiger partial charge is 0.119 e. The average molecular weight is 264 g/mol. The summed E-state index contributed by atoms with van der Waals surface area (Å²) in [6.07, 6.45) is 5.09. The summed E-state index contributed by atoms with van der Waals surface area (Å²) < 4.78 is 5.70. The van der Waals surface area contributed by atoms with Crippen LogP contribution in [0.3, 0.4) is 0 Å². The Morgan fingerprint density at radius 3 is 2.74 bits per heavy atom. The molecule has 106 valence electrons. The molecule has 19 heavy (non-hydrogen) atoms. The molecule has 0 radical (unpaired) electrons. The third-order valence-corrected chi connectivity index (χ3v) is 3.85. The van der Waals surface area contributed by atoms with Gasteiger partial charge in [-0.2, -0.15) is 0 Å². The van der Waals surface area contributed by atoms with Gasteiger partial charge in [-0.25, -0.2) is 0 Å². The molecule has 0 bridgehead atoms. The molecule has 1 aliphatic rings. The van der Waals surface area contributed by atoms with Crippen LogP contribution in [0.5, 0.6) is 5.75 Å². The van der Waals surface area contributed by atoms with Crippen LogP contribution in [0.2, 0.25) is 0 Å². The molecule has 2 N–H and O–H groups in total. The number of aliphatic hydroxyl groups is 2. The number of rotatable bonds is 6. The van der Waals surface area contributed by atoms with Gasteiger partial charge in [0.25, 0.3) is 0 Å². The Morgan fingerprint density at radius 1 is 1.32 bits per heavy atom. The minimum Gasteiger partial charge on any atom is -0.491 e. The van der Waals surface area contributed by atoms with Gasteiger partial charge < -0.3 is 14.9 Å². The molecule has 3 nitrogen and oxygen atoms in total. The van der Waals surface area contributed by atoms with Crippen LogP contribution < -0.4 is 4.74 Å². The zero-order chi connectivity index (χ0) is 13.7. The van der Waals surface area contributed by atoms with Gasteiger partial charge in [0, 0.05) is 0 Å². The van der Waals surface area contributed by atoms with E-state index >= 15 is 0 Å². The van der Waals surface area contributed by atoms with Crippen LogP contribution in [0, 0.1) is 0 Å². The second-order valence-electron chi connectivity index (χ2n) is 5.60. The van der Waals surface area contributed by atoms with Gasteiger partial charge in [-0.15, -0.1) is 0 Å². The second kappa shape index (κ2) is 6.40. The van der Waals surface area contributed by atoms with Gasteiger partial charge in [0.1, 0.15) is 12.4 Å².